The van der Waals surface area contributed by atoms with E-state index in [1.165, 1.54) is 0 Å². The van der Waals surface area contributed by atoms with Gasteiger partial charge in [-0.1, -0.05) is 12.1 Å². The summed E-state index contributed by atoms with van der Waals surface area (Å²) in [6.45, 7) is 2.08. The minimum Gasteiger partial charge on any atom is -0.493 e. The van der Waals surface area contributed by atoms with E-state index in [1.54, 1.807) is 7.11 Å². The van der Waals surface area contributed by atoms with Crippen LogP contribution in [0.4, 0.5) is 0 Å². The molecule has 110 valence electrons. The number of aldehydes is 1. The van der Waals surface area contributed by atoms with Gasteiger partial charge in [-0.25, -0.2) is 0 Å². The summed E-state index contributed by atoms with van der Waals surface area (Å²) in [4.78, 5) is 12.8. The van der Waals surface area contributed by atoms with Crippen LogP contribution in [0.15, 0.2) is 18.2 Å². The summed E-state index contributed by atoms with van der Waals surface area (Å²) in [7, 11) is 3.77. The van der Waals surface area contributed by atoms with Crippen LogP contribution in [-0.4, -0.2) is 44.5 Å². The summed E-state index contributed by atoms with van der Waals surface area (Å²) in [5.41, 5.74) is 1.03. The van der Waals surface area contributed by atoms with Gasteiger partial charge in [0, 0.05) is 13.0 Å². The Morgan fingerprint density at radius 1 is 1.45 bits per heavy atom. The van der Waals surface area contributed by atoms with E-state index < -0.39 is 0 Å². The van der Waals surface area contributed by atoms with E-state index in [-0.39, 0.29) is 6.10 Å². The van der Waals surface area contributed by atoms with Crippen molar-refractivity contribution in [1.29, 1.82) is 0 Å². The van der Waals surface area contributed by atoms with Crippen LogP contribution >= 0.6 is 0 Å². The molecule has 0 N–H and O–H groups in total. The SMILES string of the molecule is COc1c(CCC=O)cccc1OC1CCCN(C)C1. The smallest absolute Gasteiger partial charge is 0.163 e. The first-order valence-corrected chi connectivity index (χ1v) is 7.19. The topological polar surface area (TPSA) is 38.8 Å². The van der Waals surface area contributed by atoms with E-state index in [0.29, 0.717) is 12.8 Å². The van der Waals surface area contributed by atoms with Gasteiger partial charge >= 0.3 is 0 Å². The van der Waals surface area contributed by atoms with Crippen molar-refractivity contribution < 1.29 is 14.3 Å². The van der Waals surface area contributed by atoms with Crippen molar-refractivity contribution in [3.8, 4) is 11.5 Å². The summed E-state index contributed by atoms with van der Waals surface area (Å²) in [6, 6.07) is 5.89. The van der Waals surface area contributed by atoms with Gasteiger partial charge in [-0.15, -0.1) is 0 Å². The zero-order valence-electron chi connectivity index (χ0n) is 12.3. The van der Waals surface area contributed by atoms with Crippen molar-refractivity contribution in [3.63, 3.8) is 0 Å². The fourth-order valence-electron chi connectivity index (χ4n) is 2.69. The Morgan fingerprint density at radius 2 is 2.30 bits per heavy atom. The Hall–Kier alpha value is -1.55. The summed E-state index contributed by atoms with van der Waals surface area (Å²) in [5.74, 6) is 1.55. The molecule has 4 nitrogen and oxygen atoms in total. The minimum absolute atomic E-state index is 0.212. The van der Waals surface area contributed by atoms with Gasteiger partial charge in [0.1, 0.15) is 12.4 Å². The van der Waals surface area contributed by atoms with E-state index in [0.717, 1.165) is 49.3 Å². The van der Waals surface area contributed by atoms with Crippen LogP contribution in [0.1, 0.15) is 24.8 Å². The normalized spacial score (nSPS) is 19.6. The molecule has 0 saturated carbocycles. The number of rotatable bonds is 6. The number of likely N-dealkylation sites (tertiary alicyclic amines) is 1. The first kappa shape index (κ1) is 14.9. The first-order chi connectivity index (χ1) is 9.74. The highest BCUT2D eigenvalue weighted by molar-refractivity contribution is 5.53. The number of carbonyl (C=O) groups is 1. The van der Waals surface area contributed by atoms with Gasteiger partial charge in [0.2, 0.25) is 0 Å². The molecule has 0 aliphatic carbocycles. The lowest BCUT2D eigenvalue weighted by molar-refractivity contribution is -0.107. The van der Waals surface area contributed by atoms with Crippen molar-refractivity contribution in [3.05, 3.63) is 23.8 Å². The highest BCUT2D eigenvalue weighted by atomic mass is 16.5. The van der Waals surface area contributed by atoms with Crippen molar-refractivity contribution in [2.24, 2.45) is 0 Å². The zero-order chi connectivity index (χ0) is 14.4. The minimum atomic E-state index is 0.212. The third kappa shape index (κ3) is 3.73. The maximum atomic E-state index is 10.5. The summed E-state index contributed by atoms with van der Waals surface area (Å²) >= 11 is 0. The van der Waals surface area contributed by atoms with Crippen molar-refractivity contribution in [2.75, 3.05) is 27.2 Å². The summed E-state index contributed by atoms with van der Waals surface area (Å²) < 4.78 is 11.6. The molecule has 1 aliphatic heterocycles. The van der Waals surface area contributed by atoms with Crippen LogP contribution in [-0.2, 0) is 11.2 Å². The molecule has 0 aromatic heterocycles. The summed E-state index contributed by atoms with van der Waals surface area (Å²) in [6.07, 6.45) is 4.58. The molecule has 0 bridgehead atoms. The van der Waals surface area contributed by atoms with Crippen molar-refractivity contribution in [1.82, 2.24) is 4.90 Å². The van der Waals surface area contributed by atoms with E-state index in [9.17, 15) is 4.79 Å². The van der Waals surface area contributed by atoms with E-state index >= 15 is 0 Å². The Labute approximate surface area is 120 Å². The largest absolute Gasteiger partial charge is 0.493 e. The molecule has 1 aliphatic rings. The standard InChI is InChI=1S/C16H23NO3/c1-17-10-4-8-14(12-17)20-15-9-3-6-13(7-5-11-18)16(15)19-2/h3,6,9,11,14H,4-5,7-8,10,12H2,1-2H3. The number of ether oxygens (including phenoxy) is 2. The lowest BCUT2D eigenvalue weighted by Crippen LogP contribution is -2.38. The Morgan fingerprint density at radius 3 is 3.00 bits per heavy atom. The van der Waals surface area contributed by atoms with Gasteiger partial charge in [0.25, 0.3) is 0 Å². The number of hydrogen-bond acceptors (Lipinski definition) is 4. The Kier molecular flexibility index (Phi) is 5.41. The van der Waals surface area contributed by atoms with Crippen LogP contribution in [0.3, 0.4) is 0 Å². The van der Waals surface area contributed by atoms with E-state index in [4.69, 9.17) is 9.47 Å². The highest BCUT2D eigenvalue weighted by Gasteiger charge is 2.20. The molecule has 1 aromatic carbocycles. The molecule has 4 heteroatoms. The summed E-state index contributed by atoms with van der Waals surface area (Å²) in [5, 5.41) is 0. The second kappa shape index (κ2) is 7.29. The molecule has 1 atom stereocenters. The number of hydrogen-bond donors (Lipinski definition) is 0. The number of piperidine rings is 1. The van der Waals surface area contributed by atoms with Gasteiger partial charge in [-0.05, 0) is 44.5 Å². The molecular formula is C16H23NO3. The lowest BCUT2D eigenvalue weighted by Gasteiger charge is -2.30. The fourth-order valence-corrected chi connectivity index (χ4v) is 2.69. The van der Waals surface area contributed by atoms with Crippen LogP contribution in [0.2, 0.25) is 0 Å². The number of benzene rings is 1. The molecule has 1 saturated heterocycles. The Balaban J connectivity index is 2.11. The monoisotopic (exact) mass is 277 g/mol. The third-order valence-corrected chi connectivity index (χ3v) is 3.67. The molecule has 1 aromatic rings. The van der Waals surface area contributed by atoms with Gasteiger partial charge in [0.15, 0.2) is 11.5 Å². The van der Waals surface area contributed by atoms with Crippen LogP contribution in [0.5, 0.6) is 11.5 Å². The van der Waals surface area contributed by atoms with Crippen LogP contribution in [0, 0.1) is 0 Å². The predicted octanol–water partition coefficient (Wildman–Crippen LogP) is 2.30. The molecule has 20 heavy (non-hydrogen) atoms. The molecule has 1 heterocycles. The lowest BCUT2D eigenvalue weighted by atomic mass is 10.1. The van der Waals surface area contributed by atoms with Crippen LogP contribution in [0.25, 0.3) is 0 Å². The van der Waals surface area contributed by atoms with Crippen molar-refractivity contribution in [2.45, 2.75) is 31.8 Å². The third-order valence-electron chi connectivity index (χ3n) is 3.67. The molecule has 2 rings (SSSR count). The molecular weight excluding hydrogens is 254 g/mol. The van der Waals surface area contributed by atoms with Gasteiger partial charge < -0.3 is 19.2 Å². The van der Waals surface area contributed by atoms with Gasteiger partial charge in [-0.2, -0.15) is 0 Å². The van der Waals surface area contributed by atoms with E-state index in [2.05, 4.69) is 11.9 Å². The second-order valence-corrected chi connectivity index (χ2v) is 5.30. The Bertz CT molecular complexity index is 447. The predicted molar refractivity (Wildman–Crippen MR) is 78.5 cm³/mol. The second-order valence-electron chi connectivity index (χ2n) is 5.30. The number of carbonyl (C=O) groups excluding carboxylic acids is 1. The van der Waals surface area contributed by atoms with Gasteiger partial charge in [0.05, 0.1) is 7.11 Å². The average molecular weight is 277 g/mol. The number of nitrogens with zero attached hydrogens (tertiary/aromatic N) is 1. The molecule has 0 amide bonds. The van der Waals surface area contributed by atoms with E-state index in [1.807, 2.05) is 18.2 Å². The van der Waals surface area contributed by atoms with Crippen LogP contribution < -0.4 is 9.47 Å². The quantitative estimate of drug-likeness (QED) is 0.748. The maximum Gasteiger partial charge on any atom is 0.163 e. The first-order valence-electron chi connectivity index (χ1n) is 7.19. The highest BCUT2D eigenvalue weighted by Crippen LogP contribution is 2.33. The maximum absolute atomic E-state index is 10.5. The number of para-hydroxylation sites is 1. The number of likely N-dealkylation sites (N-methyl/N-ethyl adjacent to an activating group) is 1. The number of methoxy groups -OCH3 is 1. The molecule has 0 spiro atoms. The molecule has 1 unspecified atom stereocenters. The number of aryl methyl sites for hydroxylation is 1. The average Bonchev–Trinajstić information content (AvgIpc) is 2.45. The molecule has 1 fully saturated rings. The zero-order valence-corrected chi connectivity index (χ0v) is 12.3. The fraction of sp³-hybridized carbons (Fsp3) is 0.562. The molecule has 0 radical (unpaired) electrons. The van der Waals surface area contributed by atoms with Gasteiger partial charge in [-0.3, -0.25) is 0 Å². The van der Waals surface area contributed by atoms with Crippen molar-refractivity contribution >= 4 is 6.29 Å².